The number of benzene rings is 1. The second-order valence-electron chi connectivity index (χ2n) is 4.30. The van der Waals surface area contributed by atoms with Crippen LogP contribution in [0.25, 0.3) is 10.4 Å². The average molecular weight is 229 g/mol. The smallest absolute Gasteiger partial charge is 0.0430 e. The SMILES string of the molecule is c1csc(-c2ccccc2NC2CCC2)c1. The van der Waals surface area contributed by atoms with Crippen molar-refractivity contribution >= 4 is 17.0 Å². The van der Waals surface area contributed by atoms with Gasteiger partial charge in [0.25, 0.3) is 0 Å². The summed E-state index contributed by atoms with van der Waals surface area (Å²) in [5, 5.41) is 5.78. The van der Waals surface area contributed by atoms with Gasteiger partial charge in [-0.1, -0.05) is 24.3 Å². The number of rotatable bonds is 3. The number of hydrogen-bond donors (Lipinski definition) is 1. The van der Waals surface area contributed by atoms with E-state index >= 15 is 0 Å². The van der Waals surface area contributed by atoms with Crippen LogP contribution in [0.1, 0.15) is 19.3 Å². The highest BCUT2D eigenvalue weighted by Gasteiger charge is 2.18. The predicted molar refractivity (Wildman–Crippen MR) is 71.0 cm³/mol. The quantitative estimate of drug-likeness (QED) is 0.823. The van der Waals surface area contributed by atoms with Crippen LogP contribution in [0.4, 0.5) is 5.69 Å². The van der Waals surface area contributed by atoms with Crippen LogP contribution in [0.2, 0.25) is 0 Å². The molecule has 0 spiro atoms. The summed E-state index contributed by atoms with van der Waals surface area (Å²) < 4.78 is 0. The molecule has 16 heavy (non-hydrogen) atoms. The van der Waals surface area contributed by atoms with E-state index in [1.54, 1.807) is 11.3 Å². The molecule has 0 bridgehead atoms. The molecule has 1 fully saturated rings. The van der Waals surface area contributed by atoms with Gasteiger partial charge < -0.3 is 5.32 Å². The van der Waals surface area contributed by atoms with Gasteiger partial charge in [0.15, 0.2) is 0 Å². The minimum Gasteiger partial charge on any atom is -0.382 e. The van der Waals surface area contributed by atoms with Crippen molar-refractivity contribution < 1.29 is 0 Å². The van der Waals surface area contributed by atoms with Gasteiger partial charge in [-0.15, -0.1) is 11.3 Å². The van der Waals surface area contributed by atoms with Crippen molar-refractivity contribution in [3.8, 4) is 10.4 Å². The van der Waals surface area contributed by atoms with E-state index in [4.69, 9.17) is 0 Å². The molecular formula is C14H15NS. The number of para-hydroxylation sites is 1. The molecule has 1 heterocycles. The Balaban J connectivity index is 1.91. The molecule has 2 heteroatoms. The van der Waals surface area contributed by atoms with Gasteiger partial charge in [0.2, 0.25) is 0 Å². The summed E-state index contributed by atoms with van der Waals surface area (Å²) in [4.78, 5) is 1.35. The molecule has 0 aliphatic heterocycles. The van der Waals surface area contributed by atoms with E-state index in [1.807, 2.05) is 0 Å². The first-order valence-corrected chi connectivity index (χ1v) is 6.71. The minimum atomic E-state index is 0.695. The van der Waals surface area contributed by atoms with Crippen LogP contribution in [0.5, 0.6) is 0 Å². The van der Waals surface area contributed by atoms with Crippen molar-refractivity contribution in [1.82, 2.24) is 0 Å². The van der Waals surface area contributed by atoms with E-state index in [2.05, 4.69) is 47.1 Å². The molecule has 1 aliphatic rings. The van der Waals surface area contributed by atoms with E-state index in [9.17, 15) is 0 Å². The Morgan fingerprint density at radius 3 is 2.62 bits per heavy atom. The first-order chi connectivity index (χ1) is 7.93. The van der Waals surface area contributed by atoms with E-state index in [0.29, 0.717) is 6.04 Å². The van der Waals surface area contributed by atoms with Crippen LogP contribution in [0.15, 0.2) is 41.8 Å². The Hall–Kier alpha value is -1.28. The summed E-state index contributed by atoms with van der Waals surface area (Å²) in [6.45, 7) is 0. The topological polar surface area (TPSA) is 12.0 Å². The fourth-order valence-electron chi connectivity index (χ4n) is 2.03. The molecule has 0 radical (unpaired) electrons. The summed E-state index contributed by atoms with van der Waals surface area (Å²) in [5.41, 5.74) is 2.62. The fraction of sp³-hybridized carbons (Fsp3) is 0.286. The van der Waals surface area contributed by atoms with Gasteiger partial charge in [-0.3, -0.25) is 0 Å². The zero-order valence-electron chi connectivity index (χ0n) is 9.15. The van der Waals surface area contributed by atoms with E-state index < -0.39 is 0 Å². The van der Waals surface area contributed by atoms with Gasteiger partial charge in [0.05, 0.1) is 0 Å². The molecule has 0 saturated heterocycles. The van der Waals surface area contributed by atoms with Crippen LogP contribution in [-0.2, 0) is 0 Å². The lowest BCUT2D eigenvalue weighted by Crippen LogP contribution is -2.27. The molecular weight excluding hydrogens is 214 g/mol. The van der Waals surface area contributed by atoms with Crippen molar-refractivity contribution in [2.75, 3.05) is 5.32 Å². The van der Waals surface area contributed by atoms with Gasteiger partial charge in [-0.05, 0) is 36.8 Å². The maximum Gasteiger partial charge on any atom is 0.0430 e. The monoisotopic (exact) mass is 229 g/mol. The molecule has 1 aliphatic carbocycles. The highest BCUT2D eigenvalue weighted by Crippen LogP contribution is 2.33. The molecule has 1 saturated carbocycles. The molecule has 3 rings (SSSR count). The van der Waals surface area contributed by atoms with Crippen LogP contribution < -0.4 is 5.32 Å². The molecule has 0 unspecified atom stereocenters. The lowest BCUT2D eigenvalue weighted by Gasteiger charge is -2.28. The normalized spacial score (nSPS) is 15.8. The number of anilines is 1. The zero-order chi connectivity index (χ0) is 10.8. The van der Waals surface area contributed by atoms with Crippen molar-refractivity contribution in [3.63, 3.8) is 0 Å². The molecule has 0 atom stereocenters. The van der Waals surface area contributed by atoms with Crippen molar-refractivity contribution in [3.05, 3.63) is 41.8 Å². The highest BCUT2D eigenvalue weighted by atomic mass is 32.1. The van der Waals surface area contributed by atoms with Crippen LogP contribution in [0, 0.1) is 0 Å². The lowest BCUT2D eigenvalue weighted by atomic mass is 9.92. The number of nitrogens with one attached hydrogen (secondary N) is 1. The number of thiophene rings is 1. The lowest BCUT2D eigenvalue weighted by molar-refractivity contribution is 0.446. The Morgan fingerprint density at radius 1 is 1.06 bits per heavy atom. The zero-order valence-corrected chi connectivity index (χ0v) is 9.96. The second-order valence-corrected chi connectivity index (χ2v) is 5.24. The Bertz CT molecular complexity index is 457. The molecule has 1 nitrogen and oxygen atoms in total. The third kappa shape index (κ3) is 1.85. The summed E-state index contributed by atoms with van der Waals surface area (Å²) in [6, 6.07) is 13.6. The van der Waals surface area contributed by atoms with Crippen LogP contribution in [0.3, 0.4) is 0 Å². The average Bonchev–Trinajstić information content (AvgIpc) is 2.77. The van der Waals surface area contributed by atoms with Gasteiger partial charge in [-0.25, -0.2) is 0 Å². The molecule has 1 N–H and O–H groups in total. The van der Waals surface area contributed by atoms with Crippen LogP contribution in [-0.4, -0.2) is 6.04 Å². The van der Waals surface area contributed by atoms with Gasteiger partial charge in [0, 0.05) is 22.2 Å². The highest BCUT2D eigenvalue weighted by molar-refractivity contribution is 7.13. The molecule has 0 amide bonds. The summed E-state index contributed by atoms with van der Waals surface area (Å²) >= 11 is 1.80. The maximum atomic E-state index is 3.64. The summed E-state index contributed by atoms with van der Waals surface area (Å²) in [6.07, 6.45) is 4.01. The van der Waals surface area contributed by atoms with Crippen molar-refractivity contribution in [2.24, 2.45) is 0 Å². The summed E-state index contributed by atoms with van der Waals surface area (Å²) in [5.74, 6) is 0. The van der Waals surface area contributed by atoms with Gasteiger partial charge >= 0.3 is 0 Å². The van der Waals surface area contributed by atoms with Crippen LogP contribution >= 0.6 is 11.3 Å². The Kier molecular flexibility index (Phi) is 2.66. The maximum absolute atomic E-state index is 3.64. The third-order valence-electron chi connectivity index (χ3n) is 3.18. The largest absolute Gasteiger partial charge is 0.382 e. The van der Waals surface area contributed by atoms with Crippen molar-refractivity contribution in [1.29, 1.82) is 0 Å². The van der Waals surface area contributed by atoms with Crippen molar-refractivity contribution in [2.45, 2.75) is 25.3 Å². The molecule has 1 aromatic heterocycles. The number of hydrogen-bond acceptors (Lipinski definition) is 2. The van der Waals surface area contributed by atoms with E-state index in [0.717, 1.165) is 0 Å². The summed E-state index contributed by atoms with van der Waals surface area (Å²) in [7, 11) is 0. The van der Waals surface area contributed by atoms with Gasteiger partial charge in [-0.2, -0.15) is 0 Å². The van der Waals surface area contributed by atoms with E-state index in [1.165, 1.54) is 35.4 Å². The minimum absolute atomic E-state index is 0.695. The Morgan fingerprint density at radius 2 is 1.94 bits per heavy atom. The molecule has 2 aromatic rings. The van der Waals surface area contributed by atoms with E-state index in [-0.39, 0.29) is 0 Å². The Labute approximate surface area is 100 Å². The fourth-order valence-corrected chi connectivity index (χ4v) is 2.79. The molecule has 1 aromatic carbocycles. The first-order valence-electron chi connectivity index (χ1n) is 5.83. The molecule has 82 valence electrons. The van der Waals surface area contributed by atoms with Gasteiger partial charge in [0.1, 0.15) is 0 Å². The standard InChI is InChI=1S/C14H15NS/c1-2-8-13(15-11-5-3-6-11)12(7-1)14-9-4-10-16-14/h1-2,4,7-11,15H,3,5-6H2. The third-order valence-corrected chi connectivity index (χ3v) is 4.08. The second kappa shape index (κ2) is 4.30. The first kappa shape index (κ1) is 9.91. The predicted octanol–water partition coefficient (Wildman–Crippen LogP) is 4.38.